The van der Waals surface area contributed by atoms with Gasteiger partial charge in [-0.3, -0.25) is 4.79 Å². The Balaban J connectivity index is 2.30. The molecule has 1 amide bonds. The summed E-state index contributed by atoms with van der Waals surface area (Å²) >= 11 is 8.32. The molecule has 0 aromatic heterocycles. The Morgan fingerprint density at radius 2 is 1.53 bits per heavy atom. The molecule has 182 valence electrons. The van der Waals surface area contributed by atoms with Crippen LogP contribution in [0.15, 0.2) is 26.2 Å². The van der Waals surface area contributed by atoms with Crippen LogP contribution in [0.5, 0.6) is 0 Å². The van der Waals surface area contributed by atoms with Crippen LogP contribution in [0.1, 0.15) is 50.8 Å². The SMILES string of the molecule is CCC(C)C(=O)N1c2cc(C)c(C)cc2C(=C2SC(C(=O)OC)=C(C(=O)OC)S2)C(=S)C1(C)C. The fraction of sp³-hybridized carbons (Fsp3) is 0.440. The molecular weight excluding hydrogens is 490 g/mol. The number of rotatable bonds is 4. The van der Waals surface area contributed by atoms with E-state index >= 15 is 0 Å². The monoisotopic (exact) mass is 519 g/mol. The number of nitrogens with zero attached hydrogens (tertiary/aromatic N) is 1. The molecular formula is C25H29NO5S3. The molecule has 0 fully saturated rings. The summed E-state index contributed by atoms with van der Waals surface area (Å²) in [4.78, 5) is 41.2. The maximum Gasteiger partial charge on any atom is 0.346 e. The number of thiocarbonyl (C=S) groups is 1. The van der Waals surface area contributed by atoms with Gasteiger partial charge in [-0.1, -0.05) is 49.6 Å². The van der Waals surface area contributed by atoms with E-state index in [1.54, 1.807) is 0 Å². The van der Waals surface area contributed by atoms with E-state index in [4.69, 9.17) is 21.7 Å². The predicted octanol–water partition coefficient (Wildman–Crippen LogP) is 5.55. The van der Waals surface area contributed by atoms with E-state index in [-0.39, 0.29) is 21.6 Å². The molecule has 0 aliphatic carbocycles. The molecule has 0 radical (unpaired) electrons. The third-order valence-corrected chi connectivity index (χ3v) is 9.52. The summed E-state index contributed by atoms with van der Waals surface area (Å²) in [6.45, 7) is 11.8. The van der Waals surface area contributed by atoms with Gasteiger partial charge in [0.1, 0.15) is 9.81 Å². The van der Waals surface area contributed by atoms with E-state index in [1.807, 2.05) is 58.6 Å². The molecule has 0 bridgehead atoms. The number of benzene rings is 1. The minimum absolute atomic E-state index is 0.0127. The Hall–Kier alpha value is -2.10. The first-order valence-corrected chi connectivity index (χ1v) is 13.0. The first-order valence-electron chi connectivity index (χ1n) is 10.9. The highest BCUT2D eigenvalue weighted by atomic mass is 32.2. The fourth-order valence-electron chi connectivity index (χ4n) is 3.86. The Bertz CT molecular complexity index is 1140. The van der Waals surface area contributed by atoms with Crippen LogP contribution >= 0.6 is 35.7 Å². The smallest absolute Gasteiger partial charge is 0.346 e. The predicted molar refractivity (Wildman–Crippen MR) is 143 cm³/mol. The zero-order valence-electron chi connectivity index (χ0n) is 20.7. The third-order valence-electron chi connectivity index (χ3n) is 6.26. The lowest BCUT2D eigenvalue weighted by Crippen LogP contribution is -2.57. The lowest BCUT2D eigenvalue weighted by molar-refractivity contribution is -0.138. The van der Waals surface area contributed by atoms with Gasteiger partial charge < -0.3 is 14.4 Å². The first kappa shape index (κ1) is 26.5. The van der Waals surface area contributed by atoms with Gasteiger partial charge in [0.2, 0.25) is 5.91 Å². The summed E-state index contributed by atoms with van der Waals surface area (Å²) in [7, 11) is 2.55. The van der Waals surface area contributed by atoms with Gasteiger partial charge in [0.05, 0.1) is 34.5 Å². The summed E-state index contributed by atoms with van der Waals surface area (Å²) in [5.74, 6) is -1.37. The maximum absolute atomic E-state index is 13.5. The highest BCUT2D eigenvalue weighted by Gasteiger charge is 2.46. The molecule has 2 aliphatic heterocycles. The highest BCUT2D eigenvalue weighted by molar-refractivity contribution is 8.29. The number of methoxy groups -OCH3 is 2. The fourth-order valence-corrected chi connectivity index (χ4v) is 6.90. The lowest BCUT2D eigenvalue weighted by Gasteiger charge is -2.46. The van der Waals surface area contributed by atoms with Crippen molar-refractivity contribution in [2.75, 3.05) is 19.1 Å². The van der Waals surface area contributed by atoms with Gasteiger partial charge in [0.25, 0.3) is 0 Å². The van der Waals surface area contributed by atoms with Crippen LogP contribution in [0, 0.1) is 19.8 Å². The Morgan fingerprint density at radius 3 is 2.00 bits per heavy atom. The van der Waals surface area contributed by atoms with Gasteiger partial charge in [-0.2, -0.15) is 0 Å². The van der Waals surface area contributed by atoms with E-state index < -0.39 is 17.5 Å². The molecule has 6 nitrogen and oxygen atoms in total. The second kappa shape index (κ2) is 9.87. The van der Waals surface area contributed by atoms with E-state index in [2.05, 4.69) is 0 Å². The van der Waals surface area contributed by atoms with Crippen molar-refractivity contribution in [3.8, 4) is 0 Å². The number of carbonyl (C=O) groups excluding carboxylic acids is 3. The van der Waals surface area contributed by atoms with E-state index in [0.717, 1.165) is 51.5 Å². The average molecular weight is 520 g/mol. The van der Waals surface area contributed by atoms with Crippen molar-refractivity contribution in [2.45, 2.75) is 53.5 Å². The van der Waals surface area contributed by atoms with Crippen LogP contribution in [-0.4, -0.2) is 42.5 Å². The normalized spacial score (nSPS) is 18.1. The number of thioether (sulfide) groups is 2. The number of hydrogen-bond donors (Lipinski definition) is 0. The van der Waals surface area contributed by atoms with Crippen molar-refractivity contribution in [3.63, 3.8) is 0 Å². The molecule has 9 heteroatoms. The van der Waals surface area contributed by atoms with Crippen LogP contribution in [0.2, 0.25) is 0 Å². The number of ether oxygens (including phenoxy) is 2. The topological polar surface area (TPSA) is 72.9 Å². The number of anilines is 1. The van der Waals surface area contributed by atoms with Gasteiger partial charge in [-0.15, -0.1) is 0 Å². The van der Waals surface area contributed by atoms with Crippen LogP contribution in [0.4, 0.5) is 5.69 Å². The molecule has 0 saturated carbocycles. The quantitative estimate of drug-likeness (QED) is 0.291. The molecule has 1 atom stereocenters. The maximum atomic E-state index is 13.5. The van der Waals surface area contributed by atoms with Crippen LogP contribution < -0.4 is 4.90 Å². The number of carbonyl (C=O) groups is 3. The zero-order chi connectivity index (χ0) is 25.5. The summed E-state index contributed by atoms with van der Waals surface area (Å²) < 4.78 is 10.5. The van der Waals surface area contributed by atoms with E-state index in [1.165, 1.54) is 14.2 Å². The summed E-state index contributed by atoms with van der Waals surface area (Å²) in [6, 6.07) is 4.05. The zero-order valence-corrected chi connectivity index (χ0v) is 23.1. The van der Waals surface area contributed by atoms with Crippen molar-refractivity contribution in [2.24, 2.45) is 5.92 Å². The van der Waals surface area contributed by atoms with Gasteiger partial charge in [0.15, 0.2) is 0 Å². The standard InChI is InChI=1S/C25H29NO5S3/c1-9-12(2)21(27)26-16-11-14(4)13(3)10-15(16)17(20(32)25(26,5)6)24-33-18(22(28)30-7)19(34-24)23(29)31-8/h10-12H,9H2,1-8H3. The molecule has 0 N–H and O–H groups in total. The van der Waals surface area contributed by atoms with Crippen molar-refractivity contribution in [1.29, 1.82) is 0 Å². The van der Waals surface area contributed by atoms with Crippen LogP contribution in [0.3, 0.4) is 0 Å². The Labute approximate surface area is 214 Å². The third kappa shape index (κ3) is 4.33. The largest absolute Gasteiger partial charge is 0.465 e. The minimum Gasteiger partial charge on any atom is -0.465 e. The van der Waals surface area contributed by atoms with E-state index in [9.17, 15) is 14.4 Å². The molecule has 1 unspecified atom stereocenters. The molecule has 34 heavy (non-hydrogen) atoms. The number of aryl methyl sites for hydroxylation is 2. The van der Waals surface area contributed by atoms with E-state index in [0.29, 0.717) is 15.5 Å². The molecule has 1 aromatic rings. The Kier molecular flexibility index (Phi) is 7.70. The summed E-state index contributed by atoms with van der Waals surface area (Å²) in [5.41, 5.74) is 3.66. The van der Waals surface area contributed by atoms with Gasteiger partial charge >= 0.3 is 11.9 Å². The molecule has 3 rings (SSSR count). The molecule has 0 spiro atoms. The van der Waals surface area contributed by atoms with Crippen molar-refractivity contribution >= 4 is 69.7 Å². The van der Waals surface area contributed by atoms with Gasteiger partial charge in [0, 0.05) is 17.1 Å². The number of hydrogen-bond acceptors (Lipinski definition) is 8. The molecule has 2 aliphatic rings. The second-order valence-corrected chi connectivity index (χ2v) is 11.5. The lowest BCUT2D eigenvalue weighted by atomic mass is 9.81. The minimum atomic E-state index is -0.798. The van der Waals surface area contributed by atoms with Crippen LogP contribution in [0.25, 0.3) is 5.57 Å². The molecule has 1 aromatic carbocycles. The highest BCUT2D eigenvalue weighted by Crippen LogP contribution is 2.56. The number of esters is 2. The summed E-state index contributed by atoms with van der Waals surface area (Å²) in [6.07, 6.45) is 0.715. The van der Waals surface area contributed by atoms with Crippen molar-refractivity contribution in [3.05, 3.63) is 42.9 Å². The van der Waals surface area contributed by atoms with Crippen molar-refractivity contribution < 1.29 is 23.9 Å². The molecule has 0 saturated heterocycles. The van der Waals surface area contributed by atoms with Crippen molar-refractivity contribution in [1.82, 2.24) is 0 Å². The van der Waals surface area contributed by atoms with Gasteiger partial charge in [-0.25, -0.2) is 9.59 Å². The second-order valence-electron chi connectivity index (χ2n) is 8.83. The number of amides is 1. The average Bonchev–Trinajstić information content (AvgIpc) is 3.24. The Morgan fingerprint density at radius 1 is 1.03 bits per heavy atom. The molecule has 2 heterocycles. The number of fused-ring (bicyclic) bond motifs is 1. The van der Waals surface area contributed by atoms with Gasteiger partial charge in [-0.05, 0) is 57.4 Å². The van der Waals surface area contributed by atoms with Crippen LogP contribution in [-0.2, 0) is 23.9 Å². The summed E-state index contributed by atoms with van der Waals surface area (Å²) in [5, 5.41) is 0. The first-order chi connectivity index (χ1) is 15.9.